The normalized spacial score (nSPS) is 12.4. The fourth-order valence-corrected chi connectivity index (χ4v) is 2.06. The molecule has 1 atom stereocenters. The van der Waals surface area contributed by atoms with Crippen LogP contribution < -0.4 is 10.5 Å². The van der Waals surface area contributed by atoms with Crippen LogP contribution in [0.5, 0.6) is 5.75 Å². The minimum absolute atomic E-state index is 0.133. The molecule has 0 aliphatic carbocycles. The average molecular weight is 262 g/mol. The van der Waals surface area contributed by atoms with E-state index in [1.165, 1.54) is 18.7 Å². The summed E-state index contributed by atoms with van der Waals surface area (Å²) in [5.41, 5.74) is 7.57. The van der Waals surface area contributed by atoms with E-state index in [1.807, 2.05) is 30.0 Å². The maximum absolute atomic E-state index is 13.8. The van der Waals surface area contributed by atoms with Crippen molar-refractivity contribution < 1.29 is 9.13 Å². The average Bonchev–Trinajstić information content (AvgIpc) is 2.78. The van der Waals surface area contributed by atoms with Crippen molar-refractivity contribution in [3.8, 4) is 5.75 Å². The maximum Gasteiger partial charge on any atom is 0.131 e. The quantitative estimate of drug-likeness (QED) is 0.899. The van der Waals surface area contributed by atoms with Crippen LogP contribution in [0.15, 0.2) is 36.7 Å². The molecule has 0 aliphatic heterocycles. The molecule has 0 amide bonds. The van der Waals surface area contributed by atoms with Gasteiger partial charge in [-0.3, -0.25) is 0 Å². The molecule has 1 unspecified atom stereocenters. The summed E-state index contributed by atoms with van der Waals surface area (Å²) in [6.45, 7) is 2.48. The summed E-state index contributed by atoms with van der Waals surface area (Å²) in [7, 11) is 1.53. The van der Waals surface area contributed by atoms with Crippen molar-refractivity contribution in [2.24, 2.45) is 5.73 Å². The van der Waals surface area contributed by atoms with Gasteiger partial charge in [0.05, 0.1) is 7.11 Å². The lowest BCUT2D eigenvalue weighted by Crippen LogP contribution is -2.17. The first-order chi connectivity index (χ1) is 9.08. The van der Waals surface area contributed by atoms with Gasteiger partial charge in [-0.05, 0) is 31.0 Å². The Kier molecular flexibility index (Phi) is 4.22. The van der Waals surface area contributed by atoms with Gasteiger partial charge in [0.15, 0.2) is 0 Å². The highest BCUT2D eigenvalue weighted by Crippen LogP contribution is 2.17. The predicted octanol–water partition coefficient (Wildman–Crippen LogP) is 2.57. The molecule has 0 bridgehead atoms. The van der Waals surface area contributed by atoms with Gasteiger partial charge in [-0.1, -0.05) is 6.07 Å². The molecule has 0 radical (unpaired) electrons. The monoisotopic (exact) mass is 262 g/mol. The van der Waals surface area contributed by atoms with Crippen molar-refractivity contribution >= 4 is 0 Å². The standard InChI is InChI=1S/C15H19FN2O/c1-11(17)7-12-5-6-18(9-12)10-13-3-4-14(19-2)8-15(13)16/h3-6,8-9,11H,7,10,17H2,1-2H3. The van der Waals surface area contributed by atoms with Gasteiger partial charge in [-0.25, -0.2) is 4.39 Å². The molecule has 0 fully saturated rings. The third-order valence-corrected chi connectivity index (χ3v) is 2.98. The molecule has 0 saturated carbocycles. The number of methoxy groups -OCH3 is 1. The second kappa shape index (κ2) is 5.89. The van der Waals surface area contributed by atoms with Crippen LogP contribution in [0, 0.1) is 5.82 Å². The SMILES string of the molecule is COc1ccc(Cn2ccc(CC(C)N)c2)c(F)c1. The van der Waals surface area contributed by atoms with Crippen LogP contribution in [0.4, 0.5) is 4.39 Å². The number of hydrogen-bond donors (Lipinski definition) is 1. The molecule has 19 heavy (non-hydrogen) atoms. The molecule has 3 nitrogen and oxygen atoms in total. The number of aromatic nitrogens is 1. The fourth-order valence-electron chi connectivity index (χ4n) is 2.06. The van der Waals surface area contributed by atoms with Crippen LogP contribution in [0.2, 0.25) is 0 Å². The number of rotatable bonds is 5. The lowest BCUT2D eigenvalue weighted by molar-refractivity contribution is 0.410. The highest BCUT2D eigenvalue weighted by atomic mass is 19.1. The van der Waals surface area contributed by atoms with Gasteiger partial charge >= 0.3 is 0 Å². The Morgan fingerprint density at radius 1 is 1.37 bits per heavy atom. The molecule has 4 heteroatoms. The molecule has 1 aromatic heterocycles. The number of nitrogens with zero attached hydrogens (tertiary/aromatic N) is 1. The van der Waals surface area contributed by atoms with Gasteiger partial charge in [-0.15, -0.1) is 0 Å². The second-order valence-corrected chi connectivity index (χ2v) is 4.83. The summed E-state index contributed by atoms with van der Waals surface area (Å²) in [4.78, 5) is 0. The van der Waals surface area contributed by atoms with E-state index in [9.17, 15) is 4.39 Å². The first-order valence-corrected chi connectivity index (χ1v) is 6.31. The molecular weight excluding hydrogens is 243 g/mol. The third kappa shape index (κ3) is 3.58. The van der Waals surface area contributed by atoms with Crippen LogP contribution in [0.3, 0.4) is 0 Å². The summed E-state index contributed by atoms with van der Waals surface area (Å²) < 4.78 is 20.8. The second-order valence-electron chi connectivity index (χ2n) is 4.83. The van der Waals surface area contributed by atoms with E-state index in [1.54, 1.807) is 12.1 Å². The molecule has 2 rings (SSSR count). The summed E-state index contributed by atoms with van der Waals surface area (Å²) in [5, 5.41) is 0. The van der Waals surface area contributed by atoms with Gasteiger partial charge < -0.3 is 15.0 Å². The van der Waals surface area contributed by atoms with Gasteiger partial charge in [-0.2, -0.15) is 0 Å². The zero-order valence-electron chi connectivity index (χ0n) is 11.3. The van der Waals surface area contributed by atoms with Crippen molar-refractivity contribution in [2.75, 3.05) is 7.11 Å². The Bertz CT molecular complexity index is 549. The number of nitrogens with two attached hydrogens (primary N) is 1. The molecule has 0 saturated heterocycles. The van der Waals surface area contributed by atoms with E-state index in [2.05, 4.69) is 0 Å². The number of benzene rings is 1. The zero-order valence-corrected chi connectivity index (χ0v) is 11.3. The molecule has 102 valence electrons. The van der Waals surface area contributed by atoms with Gasteiger partial charge in [0.1, 0.15) is 11.6 Å². The first kappa shape index (κ1) is 13.6. The smallest absolute Gasteiger partial charge is 0.131 e. The van der Waals surface area contributed by atoms with Gasteiger partial charge in [0, 0.05) is 36.6 Å². The van der Waals surface area contributed by atoms with Gasteiger partial charge in [0.25, 0.3) is 0 Å². The first-order valence-electron chi connectivity index (χ1n) is 6.31. The Hall–Kier alpha value is -1.81. The lowest BCUT2D eigenvalue weighted by atomic mass is 10.1. The Morgan fingerprint density at radius 3 is 2.79 bits per heavy atom. The highest BCUT2D eigenvalue weighted by molar-refractivity contribution is 5.29. The van der Waals surface area contributed by atoms with Crippen molar-refractivity contribution in [3.63, 3.8) is 0 Å². The topological polar surface area (TPSA) is 40.2 Å². The van der Waals surface area contributed by atoms with E-state index in [0.717, 1.165) is 6.42 Å². The van der Waals surface area contributed by atoms with E-state index >= 15 is 0 Å². The molecule has 1 aromatic carbocycles. The summed E-state index contributed by atoms with van der Waals surface area (Å²) in [6.07, 6.45) is 4.78. The molecule has 2 N–H and O–H groups in total. The molecule has 0 aliphatic rings. The molecule has 1 heterocycles. The van der Waals surface area contributed by atoms with Crippen molar-refractivity contribution in [1.82, 2.24) is 4.57 Å². The Labute approximate surface area is 112 Å². The Balaban J connectivity index is 2.10. The number of hydrogen-bond acceptors (Lipinski definition) is 2. The third-order valence-electron chi connectivity index (χ3n) is 2.98. The van der Waals surface area contributed by atoms with E-state index < -0.39 is 0 Å². The number of halogens is 1. The summed E-state index contributed by atoms with van der Waals surface area (Å²) >= 11 is 0. The minimum atomic E-state index is -0.248. The number of ether oxygens (including phenoxy) is 1. The highest BCUT2D eigenvalue weighted by Gasteiger charge is 2.06. The maximum atomic E-state index is 13.8. The fraction of sp³-hybridized carbons (Fsp3) is 0.333. The van der Waals surface area contributed by atoms with E-state index in [0.29, 0.717) is 17.9 Å². The zero-order chi connectivity index (χ0) is 13.8. The van der Waals surface area contributed by atoms with Crippen LogP contribution in [0.25, 0.3) is 0 Å². The Morgan fingerprint density at radius 2 is 2.16 bits per heavy atom. The molecule has 0 spiro atoms. The lowest BCUT2D eigenvalue weighted by Gasteiger charge is -2.07. The molecule has 2 aromatic rings. The minimum Gasteiger partial charge on any atom is -0.497 e. The van der Waals surface area contributed by atoms with Crippen molar-refractivity contribution in [2.45, 2.75) is 25.9 Å². The van der Waals surface area contributed by atoms with Crippen molar-refractivity contribution in [3.05, 3.63) is 53.6 Å². The van der Waals surface area contributed by atoms with Crippen molar-refractivity contribution in [1.29, 1.82) is 0 Å². The predicted molar refractivity (Wildman–Crippen MR) is 73.8 cm³/mol. The molecular formula is C15H19FN2O. The largest absolute Gasteiger partial charge is 0.497 e. The van der Waals surface area contributed by atoms with Crippen LogP contribution >= 0.6 is 0 Å². The van der Waals surface area contributed by atoms with Crippen LogP contribution in [-0.4, -0.2) is 17.7 Å². The van der Waals surface area contributed by atoms with Gasteiger partial charge in [0.2, 0.25) is 0 Å². The van der Waals surface area contributed by atoms with Crippen LogP contribution in [-0.2, 0) is 13.0 Å². The summed E-state index contributed by atoms with van der Waals surface area (Å²) in [5.74, 6) is 0.285. The van der Waals surface area contributed by atoms with E-state index in [-0.39, 0.29) is 11.9 Å². The summed E-state index contributed by atoms with van der Waals surface area (Å²) in [6, 6.07) is 7.07. The van der Waals surface area contributed by atoms with Crippen LogP contribution in [0.1, 0.15) is 18.1 Å². The van der Waals surface area contributed by atoms with E-state index in [4.69, 9.17) is 10.5 Å².